The summed E-state index contributed by atoms with van der Waals surface area (Å²) in [5, 5.41) is 1.19. The molecule has 1 aliphatic carbocycles. The van der Waals surface area contributed by atoms with E-state index in [1.54, 1.807) is 0 Å². The summed E-state index contributed by atoms with van der Waals surface area (Å²) in [6.45, 7) is 4.64. The maximum absolute atomic E-state index is 6.12. The molecule has 3 N–H and O–H groups in total. The van der Waals surface area contributed by atoms with Gasteiger partial charge < -0.3 is 0 Å². The molecule has 1 aromatic carbocycles. The summed E-state index contributed by atoms with van der Waals surface area (Å²) in [5.41, 5.74) is 4.11. The van der Waals surface area contributed by atoms with Crippen molar-refractivity contribution < 1.29 is 0 Å². The number of benzene rings is 1. The molecular formula is C16H24Cl2N2. The smallest absolute Gasteiger partial charge is 0.0595 e. The molecule has 0 bridgehead atoms. The molecule has 2 rings (SSSR count). The third kappa shape index (κ3) is 3.67. The Labute approximate surface area is 132 Å². The summed E-state index contributed by atoms with van der Waals surface area (Å²) in [6, 6.07) is 5.97. The predicted molar refractivity (Wildman–Crippen MR) is 86.8 cm³/mol. The first-order valence-corrected chi connectivity index (χ1v) is 8.19. The normalized spacial score (nSPS) is 24.9. The number of nitrogens with one attached hydrogen (secondary N) is 1. The topological polar surface area (TPSA) is 38.0 Å². The van der Waals surface area contributed by atoms with Crippen molar-refractivity contribution in [2.45, 2.75) is 45.6 Å². The molecule has 1 aliphatic rings. The van der Waals surface area contributed by atoms with E-state index in [4.69, 9.17) is 29.0 Å². The number of hydrogen-bond acceptors (Lipinski definition) is 2. The van der Waals surface area contributed by atoms with E-state index in [0.717, 1.165) is 17.4 Å². The van der Waals surface area contributed by atoms with Crippen molar-refractivity contribution >= 4 is 23.2 Å². The number of rotatable bonds is 4. The minimum atomic E-state index is 0.165. The van der Waals surface area contributed by atoms with Crippen molar-refractivity contribution in [3.8, 4) is 0 Å². The van der Waals surface area contributed by atoms with Crippen molar-refractivity contribution in [1.29, 1.82) is 0 Å². The molecule has 4 heteroatoms. The zero-order valence-electron chi connectivity index (χ0n) is 12.2. The summed E-state index contributed by atoms with van der Waals surface area (Å²) in [7, 11) is 0. The van der Waals surface area contributed by atoms with Gasteiger partial charge in [-0.3, -0.25) is 11.3 Å². The first-order valence-electron chi connectivity index (χ1n) is 7.44. The van der Waals surface area contributed by atoms with Gasteiger partial charge in [0.25, 0.3) is 0 Å². The molecule has 1 fully saturated rings. The van der Waals surface area contributed by atoms with Gasteiger partial charge in [0.1, 0.15) is 0 Å². The van der Waals surface area contributed by atoms with Gasteiger partial charge in [0.05, 0.1) is 10.0 Å². The Morgan fingerprint density at radius 3 is 2.15 bits per heavy atom. The third-order valence-electron chi connectivity index (χ3n) is 4.71. The van der Waals surface area contributed by atoms with Gasteiger partial charge in [0.2, 0.25) is 0 Å². The molecule has 0 aliphatic heterocycles. The molecule has 0 spiro atoms. The quantitative estimate of drug-likeness (QED) is 0.609. The maximum Gasteiger partial charge on any atom is 0.0595 e. The molecule has 0 amide bonds. The van der Waals surface area contributed by atoms with Crippen LogP contribution in [0.4, 0.5) is 0 Å². The summed E-state index contributed by atoms with van der Waals surface area (Å²) in [6.07, 6.45) is 5.03. The molecule has 0 heterocycles. The Hall–Kier alpha value is -0.280. The van der Waals surface area contributed by atoms with Crippen LogP contribution in [0.3, 0.4) is 0 Å². The highest BCUT2D eigenvalue weighted by atomic mass is 35.5. The van der Waals surface area contributed by atoms with Crippen LogP contribution in [0.2, 0.25) is 10.0 Å². The summed E-state index contributed by atoms with van der Waals surface area (Å²) < 4.78 is 0. The Kier molecular flexibility index (Phi) is 5.74. The fourth-order valence-electron chi connectivity index (χ4n) is 3.36. The van der Waals surface area contributed by atoms with E-state index >= 15 is 0 Å². The van der Waals surface area contributed by atoms with E-state index in [1.807, 2.05) is 18.2 Å². The SMILES string of the molecule is CC(C)C1CCC(C(NN)c2ccc(Cl)c(Cl)c2)CC1. The lowest BCUT2D eigenvalue weighted by Crippen LogP contribution is -2.35. The van der Waals surface area contributed by atoms with Gasteiger partial charge in [-0.05, 0) is 61.1 Å². The minimum Gasteiger partial charge on any atom is -0.271 e. The maximum atomic E-state index is 6.12. The first kappa shape index (κ1) is 16.1. The lowest BCUT2D eigenvalue weighted by Gasteiger charge is -2.35. The van der Waals surface area contributed by atoms with Gasteiger partial charge in [0.15, 0.2) is 0 Å². The van der Waals surface area contributed by atoms with Crippen molar-refractivity contribution in [3.05, 3.63) is 33.8 Å². The van der Waals surface area contributed by atoms with Crippen LogP contribution in [0.25, 0.3) is 0 Å². The van der Waals surface area contributed by atoms with Gasteiger partial charge in [-0.25, -0.2) is 0 Å². The second-order valence-corrected chi connectivity index (χ2v) is 7.05. The first-order chi connectivity index (χ1) is 9.52. The van der Waals surface area contributed by atoms with E-state index in [2.05, 4.69) is 19.3 Å². The fraction of sp³-hybridized carbons (Fsp3) is 0.625. The largest absolute Gasteiger partial charge is 0.271 e. The third-order valence-corrected chi connectivity index (χ3v) is 5.45. The lowest BCUT2D eigenvalue weighted by molar-refractivity contribution is 0.189. The van der Waals surface area contributed by atoms with Crippen molar-refractivity contribution in [1.82, 2.24) is 5.43 Å². The fourth-order valence-corrected chi connectivity index (χ4v) is 3.66. The van der Waals surface area contributed by atoms with E-state index in [1.165, 1.54) is 25.7 Å². The number of nitrogens with two attached hydrogens (primary N) is 1. The van der Waals surface area contributed by atoms with Crippen molar-refractivity contribution in [3.63, 3.8) is 0 Å². The van der Waals surface area contributed by atoms with Crippen molar-refractivity contribution in [2.75, 3.05) is 0 Å². The molecule has 112 valence electrons. The van der Waals surface area contributed by atoms with E-state index in [-0.39, 0.29) is 6.04 Å². The summed E-state index contributed by atoms with van der Waals surface area (Å²) in [4.78, 5) is 0. The van der Waals surface area contributed by atoms with E-state index < -0.39 is 0 Å². The van der Waals surface area contributed by atoms with Crippen LogP contribution in [0.5, 0.6) is 0 Å². The second-order valence-electron chi connectivity index (χ2n) is 6.24. The average molecular weight is 315 g/mol. The molecule has 1 aromatic rings. The summed E-state index contributed by atoms with van der Waals surface area (Å²) in [5.74, 6) is 8.01. The van der Waals surface area contributed by atoms with Gasteiger partial charge in [0, 0.05) is 6.04 Å². The van der Waals surface area contributed by atoms with Gasteiger partial charge in [-0.15, -0.1) is 0 Å². The molecule has 2 nitrogen and oxygen atoms in total. The number of hydrogen-bond donors (Lipinski definition) is 2. The highest BCUT2D eigenvalue weighted by molar-refractivity contribution is 6.42. The van der Waals surface area contributed by atoms with Crippen molar-refractivity contribution in [2.24, 2.45) is 23.6 Å². The Balaban J connectivity index is 2.07. The second kappa shape index (κ2) is 7.13. The van der Waals surface area contributed by atoms with Crippen LogP contribution in [-0.2, 0) is 0 Å². The predicted octanol–water partition coefficient (Wildman–Crippen LogP) is 4.96. The highest BCUT2D eigenvalue weighted by Crippen LogP contribution is 2.39. The molecule has 1 saturated carbocycles. The molecule has 1 atom stereocenters. The Morgan fingerprint density at radius 1 is 1.05 bits per heavy atom. The van der Waals surface area contributed by atoms with Crippen LogP contribution >= 0.6 is 23.2 Å². The lowest BCUT2D eigenvalue weighted by atomic mass is 9.73. The minimum absolute atomic E-state index is 0.165. The zero-order chi connectivity index (χ0) is 14.7. The Morgan fingerprint density at radius 2 is 1.65 bits per heavy atom. The molecule has 0 radical (unpaired) electrons. The molecule has 0 saturated heterocycles. The van der Waals surface area contributed by atoms with Crippen LogP contribution in [0.1, 0.15) is 51.1 Å². The van der Waals surface area contributed by atoms with Crippen LogP contribution < -0.4 is 11.3 Å². The van der Waals surface area contributed by atoms with E-state index in [0.29, 0.717) is 16.0 Å². The number of halogens is 2. The standard InChI is InChI=1S/C16H24Cl2N2/c1-10(2)11-3-5-12(6-4-11)16(20-19)13-7-8-14(17)15(18)9-13/h7-12,16,20H,3-6,19H2,1-2H3. The highest BCUT2D eigenvalue weighted by Gasteiger charge is 2.29. The molecular weight excluding hydrogens is 291 g/mol. The van der Waals surface area contributed by atoms with Gasteiger partial charge in [-0.1, -0.05) is 43.1 Å². The molecule has 0 aromatic heterocycles. The zero-order valence-corrected chi connectivity index (χ0v) is 13.7. The van der Waals surface area contributed by atoms with Crippen LogP contribution in [-0.4, -0.2) is 0 Å². The Bertz CT molecular complexity index is 440. The molecule has 20 heavy (non-hydrogen) atoms. The summed E-state index contributed by atoms with van der Waals surface area (Å²) >= 11 is 12.1. The van der Waals surface area contributed by atoms with E-state index in [9.17, 15) is 0 Å². The van der Waals surface area contributed by atoms with Gasteiger partial charge >= 0.3 is 0 Å². The number of hydrazine groups is 1. The van der Waals surface area contributed by atoms with Crippen LogP contribution in [0, 0.1) is 17.8 Å². The molecule has 1 unspecified atom stereocenters. The average Bonchev–Trinajstić information content (AvgIpc) is 2.44. The van der Waals surface area contributed by atoms with Crippen LogP contribution in [0.15, 0.2) is 18.2 Å². The van der Waals surface area contributed by atoms with Gasteiger partial charge in [-0.2, -0.15) is 0 Å². The monoisotopic (exact) mass is 314 g/mol.